The highest BCUT2D eigenvalue weighted by Gasteiger charge is 2.23. The Bertz CT molecular complexity index is 1820. The summed E-state index contributed by atoms with van der Waals surface area (Å²) in [5.74, 6) is -3.77. The fourth-order valence-corrected chi connectivity index (χ4v) is 4.46. The number of primary amides is 1. The molecule has 5 rings (SSSR count). The predicted octanol–water partition coefficient (Wildman–Crippen LogP) is 3.11. The van der Waals surface area contributed by atoms with Crippen molar-refractivity contribution in [2.75, 3.05) is 0 Å². The van der Waals surface area contributed by atoms with E-state index < -0.39 is 47.4 Å². The Morgan fingerprint density at radius 1 is 0.952 bits per heavy atom. The first-order valence-corrected chi connectivity index (χ1v) is 12.5. The van der Waals surface area contributed by atoms with Crippen LogP contribution in [-0.2, 0) is 17.8 Å². The molecule has 2 amide bonds. The van der Waals surface area contributed by atoms with Crippen molar-refractivity contribution < 1.29 is 22.8 Å². The minimum Gasteiger partial charge on any atom is -0.366 e. The van der Waals surface area contributed by atoms with Crippen molar-refractivity contribution in [1.82, 2.24) is 29.9 Å². The molecule has 0 aliphatic heterocycles. The van der Waals surface area contributed by atoms with Gasteiger partial charge in [0.05, 0.1) is 17.3 Å². The molecule has 0 fully saturated rings. The summed E-state index contributed by atoms with van der Waals surface area (Å²) in [6, 6.07) is 13.3. The summed E-state index contributed by atoms with van der Waals surface area (Å²) in [4.78, 5) is 41.9. The molecule has 0 saturated carbocycles. The maximum atomic E-state index is 14.2. The van der Waals surface area contributed by atoms with Gasteiger partial charge in [0.15, 0.2) is 5.82 Å². The number of rotatable bonds is 9. The maximum absolute atomic E-state index is 14.2. The minimum atomic E-state index is -0.984. The highest BCUT2D eigenvalue weighted by molar-refractivity contribution is 5.94. The summed E-state index contributed by atoms with van der Waals surface area (Å²) < 4.78 is 44.7. The van der Waals surface area contributed by atoms with Crippen LogP contribution >= 0.6 is 0 Å². The summed E-state index contributed by atoms with van der Waals surface area (Å²) in [5.41, 5.74) is 5.65. The third-order valence-corrected chi connectivity index (χ3v) is 6.29. The number of carbonyl (C=O) groups is 2. The van der Waals surface area contributed by atoms with Gasteiger partial charge < -0.3 is 11.1 Å². The van der Waals surface area contributed by atoms with Crippen molar-refractivity contribution in [3.63, 3.8) is 0 Å². The van der Waals surface area contributed by atoms with Crippen LogP contribution in [0.5, 0.6) is 0 Å². The molecule has 0 spiro atoms. The SMILES string of the molecule is NC(=O)c1cc(-c2cccnc2C(Cc2cc(F)cc(F)c2)NC(=O)Cn2nc(-n3cccn3)ccc2=O)ccc1F. The summed E-state index contributed by atoms with van der Waals surface area (Å²) in [7, 11) is 0. The molecule has 0 saturated heterocycles. The standard InChI is InChI=1S/C29H22F3N7O3/c30-19-11-17(12-20(31)15-19)13-24(28-21(3-1-8-34-28)18-4-5-23(32)22(14-18)29(33)42)36-26(40)16-39-27(41)7-6-25(37-39)38-10-2-9-35-38/h1-12,14-15,24H,13,16H2,(H2,33,42)(H,36,40). The van der Waals surface area contributed by atoms with E-state index in [1.165, 1.54) is 41.3 Å². The Balaban J connectivity index is 1.52. The zero-order chi connectivity index (χ0) is 29.8. The number of aromatic nitrogens is 5. The Morgan fingerprint density at radius 2 is 1.74 bits per heavy atom. The molecule has 3 N–H and O–H groups in total. The number of nitrogens with zero attached hydrogens (tertiary/aromatic N) is 5. The van der Waals surface area contributed by atoms with E-state index in [4.69, 9.17) is 5.73 Å². The fraction of sp³-hybridized carbons (Fsp3) is 0.103. The largest absolute Gasteiger partial charge is 0.366 e. The Kier molecular flexibility index (Phi) is 7.91. The Labute approximate surface area is 236 Å². The highest BCUT2D eigenvalue weighted by Crippen LogP contribution is 2.30. The molecule has 3 heterocycles. The van der Waals surface area contributed by atoms with Gasteiger partial charge in [-0.1, -0.05) is 12.1 Å². The molecule has 5 aromatic rings. The van der Waals surface area contributed by atoms with Crippen LogP contribution in [0.25, 0.3) is 16.9 Å². The first-order chi connectivity index (χ1) is 20.2. The molecular formula is C29H22F3N7O3. The molecule has 0 aliphatic rings. The van der Waals surface area contributed by atoms with E-state index in [2.05, 4.69) is 20.5 Å². The second-order valence-electron chi connectivity index (χ2n) is 9.24. The molecule has 212 valence electrons. The molecule has 13 heteroatoms. The van der Waals surface area contributed by atoms with Crippen molar-refractivity contribution >= 4 is 11.8 Å². The number of halogens is 3. The molecule has 0 bridgehead atoms. The van der Waals surface area contributed by atoms with Crippen molar-refractivity contribution in [1.29, 1.82) is 0 Å². The van der Waals surface area contributed by atoms with Gasteiger partial charge in [0, 0.05) is 36.3 Å². The number of amides is 2. The van der Waals surface area contributed by atoms with E-state index in [1.807, 2.05) is 0 Å². The first-order valence-electron chi connectivity index (χ1n) is 12.5. The first kappa shape index (κ1) is 28.0. The normalized spacial score (nSPS) is 11.7. The smallest absolute Gasteiger partial charge is 0.267 e. The predicted molar refractivity (Wildman–Crippen MR) is 145 cm³/mol. The third-order valence-electron chi connectivity index (χ3n) is 6.29. The van der Waals surface area contributed by atoms with E-state index in [-0.39, 0.29) is 23.2 Å². The van der Waals surface area contributed by atoms with Crippen LogP contribution in [0.15, 0.2) is 90.1 Å². The molecule has 1 unspecified atom stereocenters. The monoisotopic (exact) mass is 573 g/mol. The maximum Gasteiger partial charge on any atom is 0.267 e. The second kappa shape index (κ2) is 11.9. The fourth-order valence-electron chi connectivity index (χ4n) is 4.46. The second-order valence-corrected chi connectivity index (χ2v) is 9.24. The zero-order valence-corrected chi connectivity index (χ0v) is 21.7. The van der Waals surface area contributed by atoms with Crippen LogP contribution in [0.1, 0.15) is 27.7 Å². The average Bonchev–Trinajstić information content (AvgIpc) is 3.49. The number of nitrogens with two attached hydrogens (primary N) is 1. The molecule has 1 atom stereocenters. The van der Waals surface area contributed by atoms with E-state index in [9.17, 15) is 27.6 Å². The van der Waals surface area contributed by atoms with Crippen molar-refractivity contribution in [3.05, 3.63) is 130 Å². The van der Waals surface area contributed by atoms with Gasteiger partial charge in [-0.15, -0.1) is 5.10 Å². The topological polar surface area (TPSA) is 138 Å². The number of hydrogen-bond acceptors (Lipinski definition) is 6. The van der Waals surface area contributed by atoms with Gasteiger partial charge in [-0.3, -0.25) is 19.4 Å². The minimum absolute atomic E-state index is 0.107. The molecular weight excluding hydrogens is 551 g/mol. The summed E-state index contributed by atoms with van der Waals surface area (Å²) in [6.45, 7) is -0.494. The van der Waals surface area contributed by atoms with Crippen molar-refractivity contribution in [2.24, 2.45) is 5.73 Å². The van der Waals surface area contributed by atoms with Gasteiger partial charge in [-0.25, -0.2) is 22.5 Å². The molecule has 2 aromatic carbocycles. The van der Waals surface area contributed by atoms with E-state index in [0.29, 0.717) is 16.9 Å². The van der Waals surface area contributed by atoms with Gasteiger partial charge in [-0.2, -0.15) is 5.10 Å². The van der Waals surface area contributed by atoms with E-state index >= 15 is 0 Å². The Hall–Kier alpha value is -5.59. The van der Waals surface area contributed by atoms with Crippen LogP contribution < -0.4 is 16.6 Å². The van der Waals surface area contributed by atoms with Crippen LogP contribution in [0.4, 0.5) is 13.2 Å². The van der Waals surface area contributed by atoms with E-state index in [1.54, 1.807) is 24.4 Å². The molecule has 42 heavy (non-hydrogen) atoms. The van der Waals surface area contributed by atoms with Gasteiger partial charge in [0.2, 0.25) is 5.91 Å². The number of nitrogens with one attached hydrogen (secondary N) is 1. The lowest BCUT2D eigenvalue weighted by molar-refractivity contribution is -0.122. The number of carbonyl (C=O) groups excluding carboxylic acids is 2. The molecule has 0 radical (unpaired) electrons. The summed E-state index contributed by atoms with van der Waals surface area (Å²) >= 11 is 0. The van der Waals surface area contributed by atoms with Crippen molar-refractivity contribution in [3.8, 4) is 16.9 Å². The summed E-state index contributed by atoms with van der Waals surface area (Å²) in [6.07, 6.45) is 4.49. The lowest BCUT2D eigenvalue weighted by atomic mass is 9.94. The van der Waals surface area contributed by atoms with Crippen LogP contribution in [0.3, 0.4) is 0 Å². The molecule has 0 aliphatic carbocycles. The lowest BCUT2D eigenvalue weighted by Gasteiger charge is -2.22. The van der Waals surface area contributed by atoms with Gasteiger partial charge >= 0.3 is 0 Å². The van der Waals surface area contributed by atoms with Crippen LogP contribution in [0, 0.1) is 17.5 Å². The number of benzene rings is 2. The van der Waals surface area contributed by atoms with Gasteiger partial charge in [0.1, 0.15) is 24.0 Å². The summed E-state index contributed by atoms with van der Waals surface area (Å²) in [5, 5.41) is 11.0. The highest BCUT2D eigenvalue weighted by atomic mass is 19.1. The zero-order valence-electron chi connectivity index (χ0n) is 21.7. The van der Waals surface area contributed by atoms with Crippen LogP contribution in [0.2, 0.25) is 0 Å². The van der Waals surface area contributed by atoms with Crippen molar-refractivity contribution in [2.45, 2.75) is 19.0 Å². The Morgan fingerprint density at radius 3 is 2.45 bits per heavy atom. The van der Waals surface area contributed by atoms with Gasteiger partial charge in [-0.05, 0) is 60.0 Å². The lowest BCUT2D eigenvalue weighted by Crippen LogP contribution is -2.37. The average molecular weight is 574 g/mol. The van der Waals surface area contributed by atoms with Crippen LogP contribution in [-0.4, -0.2) is 36.4 Å². The number of pyridine rings is 1. The molecule has 3 aromatic heterocycles. The quantitative estimate of drug-likeness (QED) is 0.278. The number of hydrogen-bond donors (Lipinski definition) is 2. The third kappa shape index (κ3) is 6.25. The van der Waals surface area contributed by atoms with Gasteiger partial charge in [0.25, 0.3) is 11.5 Å². The molecule has 10 nitrogen and oxygen atoms in total. The van der Waals surface area contributed by atoms with E-state index in [0.717, 1.165) is 28.9 Å².